The summed E-state index contributed by atoms with van der Waals surface area (Å²) in [7, 11) is 1.60. The van der Waals surface area contributed by atoms with Crippen LogP contribution in [0.4, 0.5) is 5.69 Å². The summed E-state index contributed by atoms with van der Waals surface area (Å²) in [6.07, 6.45) is 0. The highest BCUT2D eigenvalue weighted by molar-refractivity contribution is 5.96. The van der Waals surface area contributed by atoms with Gasteiger partial charge in [-0.05, 0) is 24.6 Å². The van der Waals surface area contributed by atoms with Crippen LogP contribution in [0, 0.1) is 6.92 Å². The first kappa shape index (κ1) is 19.9. The normalized spacial score (nSPS) is 15.8. The van der Waals surface area contributed by atoms with Crippen LogP contribution in [0.5, 0.6) is 5.75 Å². The predicted octanol–water partition coefficient (Wildman–Crippen LogP) is 1.43. The topological polar surface area (TPSA) is 63.1 Å². The molecule has 2 aromatic rings. The molecule has 0 radical (unpaired) electrons. The van der Waals surface area contributed by atoms with Crippen LogP contribution in [-0.4, -0.2) is 50.0 Å². The van der Waals surface area contributed by atoms with Gasteiger partial charge in [0.1, 0.15) is 5.75 Å². The van der Waals surface area contributed by atoms with E-state index < -0.39 is 0 Å². The molecule has 0 spiro atoms. The molecule has 1 fully saturated rings. The van der Waals surface area contributed by atoms with Crippen LogP contribution in [0.3, 0.4) is 0 Å². The Morgan fingerprint density at radius 1 is 1.11 bits per heavy atom. The Morgan fingerprint density at radius 2 is 1.79 bits per heavy atom. The van der Waals surface area contributed by atoms with E-state index in [1.54, 1.807) is 14.0 Å². The fraction of sp³-hybridized carbons (Fsp3) is 0.364. The van der Waals surface area contributed by atoms with E-state index in [1.807, 2.05) is 60.4 Å². The van der Waals surface area contributed by atoms with Gasteiger partial charge in [-0.2, -0.15) is 0 Å². The van der Waals surface area contributed by atoms with Gasteiger partial charge in [-0.1, -0.05) is 36.4 Å². The number of carbonyl (C=O) groups excluding carboxylic acids is 2. The highest BCUT2D eigenvalue weighted by atomic mass is 16.5. The summed E-state index contributed by atoms with van der Waals surface area (Å²) >= 11 is 0. The average Bonchev–Trinajstić information content (AvgIpc) is 2.69. The van der Waals surface area contributed by atoms with Gasteiger partial charge in [0.15, 0.2) is 6.04 Å². The van der Waals surface area contributed by atoms with Crippen molar-refractivity contribution in [2.45, 2.75) is 19.9 Å². The third kappa shape index (κ3) is 4.51. The number of hydrogen-bond acceptors (Lipinski definition) is 3. The van der Waals surface area contributed by atoms with Gasteiger partial charge in [0.05, 0.1) is 39.0 Å². The van der Waals surface area contributed by atoms with Crippen LogP contribution in [0.2, 0.25) is 0 Å². The molecule has 6 heteroatoms. The van der Waals surface area contributed by atoms with Crippen molar-refractivity contribution in [1.29, 1.82) is 0 Å². The first-order valence-corrected chi connectivity index (χ1v) is 9.60. The van der Waals surface area contributed by atoms with E-state index in [2.05, 4.69) is 5.32 Å². The molecule has 1 heterocycles. The Hall–Kier alpha value is -2.86. The van der Waals surface area contributed by atoms with Crippen molar-refractivity contribution in [3.8, 4) is 5.75 Å². The first-order chi connectivity index (χ1) is 13.5. The number of carbonyl (C=O) groups is 2. The van der Waals surface area contributed by atoms with Crippen molar-refractivity contribution in [1.82, 2.24) is 4.90 Å². The lowest BCUT2D eigenvalue weighted by Gasteiger charge is -2.35. The summed E-state index contributed by atoms with van der Waals surface area (Å²) in [6, 6.07) is 15.2. The molecular weight excluding hydrogens is 354 g/mol. The number of benzene rings is 2. The molecule has 1 aliphatic heterocycles. The SMILES string of the molecule is COc1ccc(C)cc1NC(=O)[C@H](c1ccccc1)[NH+]1CCN(C(C)=O)CC1. The van der Waals surface area contributed by atoms with Gasteiger partial charge in [0, 0.05) is 12.5 Å². The quantitative estimate of drug-likeness (QED) is 0.822. The Morgan fingerprint density at radius 3 is 2.39 bits per heavy atom. The highest BCUT2D eigenvalue weighted by Crippen LogP contribution is 2.26. The van der Waals surface area contributed by atoms with E-state index in [0.717, 1.165) is 29.1 Å². The number of rotatable bonds is 5. The number of methoxy groups -OCH3 is 1. The molecule has 0 saturated carbocycles. The summed E-state index contributed by atoms with van der Waals surface area (Å²) in [5.74, 6) is 0.660. The molecule has 0 bridgehead atoms. The largest absolute Gasteiger partial charge is 0.495 e. The molecule has 1 atom stereocenters. The van der Waals surface area contributed by atoms with Crippen LogP contribution in [-0.2, 0) is 9.59 Å². The Labute approximate surface area is 166 Å². The van der Waals surface area contributed by atoms with Crippen molar-refractivity contribution in [2.24, 2.45) is 0 Å². The number of ether oxygens (including phenoxy) is 1. The van der Waals surface area contributed by atoms with E-state index >= 15 is 0 Å². The Balaban J connectivity index is 1.85. The molecule has 0 aromatic heterocycles. The number of amides is 2. The summed E-state index contributed by atoms with van der Waals surface area (Å²) < 4.78 is 5.41. The van der Waals surface area contributed by atoms with Crippen LogP contribution in [0.25, 0.3) is 0 Å². The van der Waals surface area contributed by atoms with E-state index in [-0.39, 0.29) is 17.9 Å². The van der Waals surface area contributed by atoms with Gasteiger partial charge >= 0.3 is 0 Å². The van der Waals surface area contributed by atoms with Gasteiger partial charge in [0.25, 0.3) is 5.91 Å². The minimum Gasteiger partial charge on any atom is -0.495 e. The second kappa shape index (κ2) is 8.89. The number of quaternary nitrogens is 1. The van der Waals surface area contributed by atoms with Crippen LogP contribution in [0.1, 0.15) is 24.1 Å². The fourth-order valence-corrected chi connectivity index (χ4v) is 3.74. The van der Waals surface area contributed by atoms with Crippen molar-refractivity contribution in [3.05, 3.63) is 59.7 Å². The molecule has 2 aromatic carbocycles. The number of hydrogen-bond donors (Lipinski definition) is 2. The maximum absolute atomic E-state index is 13.3. The molecule has 2 N–H and O–H groups in total. The lowest BCUT2D eigenvalue weighted by molar-refractivity contribution is -0.925. The summed E-state index contributed by atoms with van der Waals surface area (Å²) in [4.78, 5) is 28.0. The van der Waals surface area contributed by atoms with Crippen LogP contribution in [0.15, 0.2) is 48.5 Å². The monoisotopic (exact) mass is 382 g/mol. The van der Waals surface area contributed by atoms with Crippen molar-refractivity contribution in [3.63, 3.8) is 0 Å². The molecule has 1 saturated heterocycles. The lowest BCUT2D eigenvalue weighted by Crippen LogP contribution is -3.16. The minimum atomic E-state index is -0.347. The standard InChI is InChI=1S/C22H27N3O3/c1-16-9-10-20(28-3)19(15-16)23-22(27)21(18-7-5-4-6-8-18)25-13-11-24(12-14-25)17(2)26/h4-10,15,21H,11-14H2,1-3H3,(H,23,27)/p+1/t21-/m0/s1. The first-order valence-electron chi connectivity index (χ1n) is 9.60. The van der Waals surface area contributed by atoms with Crippen molar-refractivity contribution < 1.29 is 19.2 Å². The van der Waals surface area contributed by atoms with E-state index in [4.69, 9.17) is 4.74 Å². The van der Waals surface area contributed by atoms with E-state index in [9.17, 15) is 9.59 Å². The lowest BCUT2D eigenvalue weighted by atomic mass is 10.0. The number of nitrogens with zero attached hydrogens (tertiary/aromatic N) is 1. The summed E-state index contributed by atoms with van der Waals surface area (Å²) in [6.45, 7) is 6.37. The molecule has 28 heavy (non-hydrogen) atoms. The highest BCUT2D eigenvalue weighted by Gasteiger charge is 2.35. The minimum absolute atomic E-state index is 0.0682. The second-order valence-electron chi connectivity index (χ2n) is 7.20. The fourth-order valence-electron chi connectivity index (χ4n) is 3.74. The summed E-state index contributed by atoms with van der Waals surface area (Å²) in [5.41, 5.74) is 2.70. The van der Waals surface area contributed by atoms with E-state index in [1.165, 1.54) is 0 Å². The van der Waals surface area contributed by atoms with Crippen molar-refractivity contribution >= 4 is 17.5 Å². The maximum atomic E-state index is 13.3. The zero-order valence-corrected chi connectivity index (χ0v) is 16.7. The number of anilines is 1. The molecule has 1 aliphatic rings. The predicted molar refractivity (Wildman–Crippen MR) is 108 cm³/mol. The van der Waals surface area contributed by atoms with Crippen LogP contribution >= 0.6 is 0 Å². The van der Waals surface area contributed by atoms with Crippen LogP contribution < -0.4 is 15.0 Å². The zero-order valence-electron chi connectivity index (χ0n) is 16.7. The smallest absolute Gasteiger partial charge is 0.287 e. The third-order valence-corrected chi connectivity index (χ3v) is 5.27. The molecule has 2 amide bonds. The molecule has 148 valence electrons. The van der Waals surface area contributed by atoms with Gasteiger partial charge < -0.3 is 19.9 Å². The maximum Gasteiger partial charge on any atom is 0.287 e. The van der Waals surface area contributed by atoms with Gasteiger partial charge in [-0.15, -0.1) is 0 Å². The Bertz CT molecular complexity index is 830. The van der Waals surface area contributed by atoms with E-state index in [0.29, 0.717) is 24.5 Å². The van der Waals surface area contributed by atoms with Gasteiger partial charge in [-0.3, -0.25) is 9.59 Å². The molecule has 0 unspecified atom stereocenters. The van der Waals surface area contributed by atoms with Gasteiger partial charge in [0.2, 0.25) is 5.91 Å². The number of aryl methyl sites for hydroxylation is 1. The number of piperazine rings is 1. The second-order valence-corrected chi connectivity index (χ2v) is 7.20. The molecule has 3 rings (SSSR count). The molecule has 6 nitrogen and oxygen atoms in total. The Kier molecular flexibility index (Phi) is 6.31. The average molecular weight is 382 g/mol. The zero-order chi connectivity index (χ0) is 20.1. The van der Waals surface area contributed by atoms with Crippen molar-refractivity contribution in [2.75, 3.05) is 38.6 Å². The molecular formula is C22H28N3O3+. The molecule has 0 aliphatic carbocycles. The van der Waals surface area contributed by atoms with Gasteiger partial charge in [-0.25, -0.2) is 0 Å². The number of nitrogens with one attached hydrogen (secondary N) is 2. The third-order valence-electron chi connectivity index (χ3n) is 5.27. The summed E-state index contributed by atoms with van der Waals surface area (Å²) in [5, 5.41) is 3.07.